The van der Waals surface area contributed by atoms with Crippen molar-refractivity contribution >= 4 is 0 Å². The van der Waals surface area contributed by atoms with Gasteiger partial charge in [-0.25, -0.2) is 8.78 Å². The van der Waals surface area contributed by atoms with E-state index in [9.17, 15) is 26.9 Å². The first-order chi connectivity index (χ1) is 6.88. The minimum atomic E-state index is -4.84. The number of hydrogen-bond acceptors (Lipinski definition) is 2. The van der Waals surface area contributed by atoms with Crippen molar-refractivity contribution in [2.45, 2.75) is 12.7 Å². The summed E-state index contributed by atoms with van der Waals surface area (Å²) in [4.78, 5) is 9.81. The molecule has 0 spiro atoms. The number of nitrogens with zero attached hydrogens (tertiary/aromatic N) is 1. The molecular formula is C8H4F5NO. The molecule has 1 rings (SSSR count). The second kappa shape index (κ2) is 3.92. The lowest BCUT2D eigenvalue weighted by Crippen LogP contribution is -2.11. The van der Waals surface area contributed by atoms with Crippen LogP contribution in [0.1, 0.15) is 11.1 Å². The van der Waals surface area contributed by atoms with E-state index < -0.39 is 35.5 Å². The maximum absolute atomic E-state index is 12.9. The lowest BCUT2D eigenvalue weighted by molar-refractivity contribution is -0.138. The third kappa shape index (κ3) is 2.28. The second-order valence-electron chi connectivity index (χ2n) is 2.67. The molecular weight excluding hydrogens is 221 g/mol. The molecule has 1 aromatic carbocycles. The molecule has 0 aliphatic carbocycles. The Bertz CT molecular complexity index is 387. The van der Waals surface area contributed by atoms with Gasteiger partial charge in [-0.3, -0.25) is 0 Å². The highest BCUT2D eigenvalue weighted by molar-refractivity contribution is 5.31. The van der Waals surface area contributed by atoms with Gasteiger partial charge in [0.05, 0.1) is 5.56 Å². The summed E-state index contributed by atoms with van der Waals surface area (Å²) in [6.07, 6.45) is -4.84. The van der Waals surface area contributed by atoms with Gasteiger partial charge in [0.2, 0.25) is 0 Å². The van der Waals surface area contributed by atoms with Crippen molar-refractivity contribution in [3.8, 4) is 0 Å². The Balaban J connectivity index is 3.39. The van der Waals surface area contributed by atoms with Gasteiger partial charge in [-0.1, -0.05) is 5.18 Å². The maximum Gasteiger partial charge on any atom is 0.416 e. The highest BCUT2D eigenvalue weighted by Crippen LogP contribution is 2.34. The maximum atomic E-state index is 12.9. The van der Waals surface area contributed by atoms with E-state index >= 15 is 0 Å². The van der Waals surface area contributed by atoms with Crippen LogP contribution in [0.4, 0.5) is 22.0 Å². The fourth-order valence-corrected chi connectivity index (χ4v) is 1.08. The molecule has 0 unspecified atom stereocenters. The third-order valence-corrected chi connectivity index (χ3v) is 1.72. The van der Waals surface area contributed by atoms with Gasteiger partial charge < -0.3 is 0 Å². The average molecular weight is 225 g/mol. The van der Waals surface area contributed by atoms with Gasteiger partial charge in [0, 0.05) is 5.56 Å². The molecule has 0 aliphatic heterocycles. The van der Waals surface area contributed by atoms with Crippen molar-refractivity contribution in [1.82, 2.24) is 0 Å². The van der Waals surface area contributed by atoms with Crippen LogP contribution in [0.5, 0.6) is 0 Å². The predicted molar refractivity (Wildman–Crippen MR) is 40.9 cm³/mol. The Morgan fingerprint density at radius 1 is 1.20 bits per heavy atom. The molecule has 0 radical (unpaired) electrons. The molecule has 15 heavy (non-hydrogen) atoms. The average Bonchev–Trinajstić information content (AvgIpc) is 2.11. The first-order valence-electron chi connectivity index (χ1n) is 3.71. The predicted octanol–water partition coefficient (Wildman–Crippen LogP) is 3.25. The standard InChI is InChI=1S/C8H4F5NO/c9-6-2-1-5(8(11,12)13)4(3-14-15)7(6)10/h1-2H,3H2. The fourth-order valence-electron chi connectivity index (χ4n) is 1.08. The Labute approximate surface area is 80.7 Å². The molecule has 0 aromatic heterocycles. The minimum Gasteiger partial charge on any atom is -0.204 e. The summed E-state index contributed by atoms with van der Waals surface area (Å²) in [5, 5.41) is 2.13. The lowest BCUT2D eigenvalue weighted by Gasteiger charge is -2.11. The summed E-state index contributed by atoms with van der Waals surface area (Å²) < 4.78 is 62.2. The molecule has 0 saturated heterocycles. The van der Waals surface area contributed by atoms with Crippen LogP contribution in [-0.2, 0) is 12.7 Å². The minimum absolute atomic E-state index is 0.354. The number of rotatable bonds is 2. The van der Waals surface area contributed by atoms with Crippen molar-refractivity contribution in [2.75, 3.05) is 0 Å². The van der Waals surface area contributed by atoms with Crippen LogP contribution in [0, 0.1) is 16.5 Å². The molecule has 0 N–H and O–H groups in total. The van der Waals surface area contributed by atoms with Gasteiger partial charge in [0.25, 0.3) is 0 Å². The van der Waals surface area contributed by atoms with Gasteiger partial charge in [0.1, 0.15) is 6.54 Å². The highest BCUT2D eigenvalue weighted by Gasteiger charge is 2.35. The van der Waals surface area contributed by atoms with Crippen molar-refractivity contribution in [1.29, 1.82) is 0 Å². The van der Waals surface area contributed by atoms with E-state index in [-0.39, 0.29) is 0 Å². The summed E-state index contributed by atoms with van der Waals surface area (Å²) in [6, 6.07) is 0.728. The van der Waals surface area contributed by atoms with E-state index in [1.165, 1.54) is 0 Å². The van der Waals surface area contributed by atoms with E-state index in [2.05, 4.69) is 5.18 Å². The van der Waals surface area contributed by atoms with E-state index in [0.717, 1.165) is 0 Å². The first kappa shape index (κ1) is 11.5. The molecule has 0 aliphatic rings. The molecule has 0 saturated carbocycles. The number of benzene rings is 1. The Morgan fingerprint density at radius 3 is 2.27 bits per heavy atom. The van der Waals surface area contributed by atoms with Crippen molar-refractivity contribution in [3.05, 3.63) is 39.8 Å². The Kier molecular flexibility index (Phi) is 3.01. The third-order valence-electron chi connectivity index (χ3n) is 1.72. The topological polar surface area (TPSA) is 29.4 Å². The van der Waals surface area contributed by atoms with Crippen LogP contribution < -0.4 is 0 Å². The van der Waals surface area contributed by atoms with Crippen LogP contribution in [0.15, 0.2) is 17.3 Å². The van der Waals surface area contributed by atoms with Gasteiger partial charge in [-0.2, -0.15) is 18.1 Å². The SMILES string of the molecule is O=NCc1c(C(F)(F)F)ccc(F)c1F. The van der Waals surface area contributed by atoms with Crippen molar-refractivity contribution in [2.24, 2.45) is 5.18 Å². The fraction of sp³-hybridized carbons (Fsp3) is 0.250. The Morgan fingerprint density at radius 2 is 1.80 bits per heavy atom. The van der Waals surface area contributed by atoms with E-state index in [1.54, 1.807) is 0 Å². The van der Waals surface area contributed by atoms with Crippen LogP contribution in [0.25, 0.3) is 0 Å². The monoisotopic (exact) mass is 225 g/mol. The largest absolute Gasteiger partial charge is 0.416 e. The van der Waals surface area contributed by atoms with Crippen LogP contribution in [-0.4, -0.2) is 0 Å². The smallest absolute Gasteiger partial charge is 0.204 e. The zero-order chi connectivity index (χ0) is 11.6. The summed E-state index contributed by atoms with van der Waals surface area (Å²) in [6.45, 7) is -1.06. The molecule has 0 amide bonds. The quantitative estimate of drug-likeness (QED) is 0.561. The van der Waals surface area contributed by atoms with Gasteiger partial charge in [-0.15, -0.1) is 0 Å². The van der Waals surface area contributed by atoms with Gasteiger partial charge in [0.15, 0.2) is 11.6 Å². The van der Waals surface area contributed by atoms with Crippen molar-refractivity contribution in [3.63, 3.8) is 0 Å². The van der Waals surface area contributed by atoms with Crippen LogP contribution >= 0.6 is 0 Å². The number of nitroso groups, excluding NO2 is 1. The number of hydrogen-bond donors (Lipinski definition) is 0. The summed E-state index contributed by atoms with van der Waals surface area (Å²) >= 11 is 0. The summed E-state index contributed by atoms with van der Waals surface area (Å²) in [5.41, 5.74) is -2.46. The van der Waals surface area contributed by atoms with Crippen LogP contribution in [0.2, 0.25) is 0 Å². The van der Waals surface area contributed by atoms with E-state index in [4.69, 9.17) is 0 Å². The normalized spacial score (nSPS) is 11.5. The molecule has 0 bridgehead atoms. The summed E-state index contributed by atoms with van der Waals surface area (Å²) in [5.74, 6) is -3.13. The number of alkyl halides is 3. The van der Waals surface area contributed by atoms with Gasteiger partial charge >= 0.3 is 6.18 Å². The van der Waals surface area contributed by atoms with Crippen molar-refractivity contribution < 1.29 is 22.0 Å². The number of halogens is 5. The Hall–Kier alpha value is -1.53. The highest BCUT2D eigenvalue weighted by atomic mass is 19.4. The summed E-state index contributed by atoms with van der Waals surface area (Å²) in [7, 11) is 0. The van der Waals surface area contributed by atoms with E-state index in [0.29, 0.717) is 12.1 Å². The zero-order valence-electron chi connectivity index (χ0n) is 7.11. The zero-order valence-corrected chi connectivity index (χ0v) is 7.11. The molecule has 82 valence electrons. The molecule has 2 nitrogen and oxygen atoms in total. The molecule has 0 atom stereocenters. The molecule has 0 heterocycles. The second-order valence-corrected chi connectivity index (χ2v) is 2.67. The van der Waals surface area contributed by atoms with E-state index in [1.807, 2.05) is 0 Å². The van der Waals surface area contributed by atoms with Gasteiger partial charge in [-0.05, 0) is 12.1 Å². The molecule has 7 heteroatoms. The molecule has 0 fully saturated rings. The van der Waals surface area contributed by atoms with Crippen LogP contribution in [0.3, 0.4) is 0 Å². The first-order valence-corrected chi connectivity index (χ1v) is 3.71. The lowest BCUT2D eigenvalue weighted by atomic mass is 10.1. The molecule has 1 aromatic rings.